The van der Waals surface area contributed by atoms with Crippen LogP contribution in [0.25, 0.3) is 0 Å². The first-order chi connectivity index (χ1) is 8.30. The molecule has 4 heteroatoms. The maximum Gasteiger partial charge on any atom is 0.318 e. The minimum Gasteiger partial charge on any atom is -0.480 e. The molecule has 1 rings (SSSR count). The molecule has 1 amide bonds. The van der Waals surface area contributed by atoms with E-state index in [0.717, 1.165) is 11.3 Å². The Kier molecular flexibility index (Phi) is 4.11. The first kappa shape index (κ1) is 14.2. The molecule has 1 N–H and O–H groups in total. The highest BCUT2D eigenvalue weighted by molar-refractivity contribution is 6.08. The zero-order valence-corrected chi connectivity index (χ0v) is 11.2. The maximum absolute atomic E-state index is 12.3. The van der Waals surface area contributed by atoms with E-state index in [0.29, 0.717) is 6.54 Å². The van der Waals surface area contributed by atoms with Gasteiger partial charge in [-0.1, -0.05) is 12.1 Å². The number of benzene rings is 1. The number of carboxylic acids is 1. The van der Waals surface area contributed by atoms with Crippen molar-refractivity contribution < 1.29 is 14.7 Å². The van der Waals surface area contributed by atoms with Crippen LogP contribution in [0.5, 0.6) is 0 Å². The number of nitrogens with zero attached hydrogens (tertiary/aromatic N) is 1. The van der Waals surface area contributed by atoms with Gasteiger partial charge >= 0.3 is 5.97 Å². The molecule has 0 spiro atoms. The Bertz CT molecular complexity index is 466. The summed E-state index contributed by atoms with van der Waals surface area (Å²) in [5.41, 5.74) is 0.350. The molecule has 18 heavy (non-hydrogen) atoms. The Labute approximate surface area is 107 Å². The van der Waals surface area contributed by atoms with E-state index in [2.05, 4.69) is 0 Å². The molecule has 0 aromatic heterocycles. The molecular formula is C14H19NO3. The van der Waals surface area contributed by atoms with Gasteiger partial charge in [0.25, 0.3) is 0 Å². The summed E-state index contributed by atoms with van der Waals surface area (Å²) >= 11 is 0. The molecule has 1 aromatic rings. The maximum atomic E-state index is 12.3. The monoisotopic (exact) mass is 249 g/mol. The lowest BCUT2D eigenvalue weighted by Crippen LogP contribution is -2.45. The van der Waals surface area contributed by atoms with Crippen LogP contribution < -0.4 is 4.90 Å². The number of carbonyl (C=O) groups is 2. The zero-order chi connectivity index (χ0) is 13.9. The minimum absolute atomic E-state index is 0.400. The van der Waals surface area contributed by atoms with Crippen molar-refractivity contribution in [1.82, 2.24) is 0 Å². The van der Waals surface area contributed by atoms with Crippen LogP contribution >= 0.6 is 0 Å². The first-order valence-corrected chi connectivity index (χ1v) is 5.92. The highest BCUT2D eigenvalue weighted by Crippen LogP contribution is 2.24. The van der Waals surface area contributed by atoms with Gasteiger partial charge in [0.15, 0.2) is 0 Å². The van der Waals surface area contributed by atoms with Gasteiger partial charge in [-0.15, -0.1) is 0 Å². The van der Waals surface area contributed by atoms with Crippen LogP contribution in [0.15, 0.2) is 24.3 Å². The number of amides is 1. The van der Waals surface area contributed by atoms with Gasteiger partial charge in [0.1, 0.15) is 5.41 Å². The molecule has 0 aliphatic rings. The van der Waals surface area contributed by atoms with E-state index in [1.165, 1.54) is 18.7 Å². The Morgan fingerprint density at radius 2 is 1.94 bits per heavy atom. The van der Waals surface area contributed by atoms with Crippen molar-refractivity contribution in [2.45, 2.75) is 27.7 Å². The van der Waals surface area contributed by atoms with Crippen LogP contribution in [0.4, 0.5) is 5.69 Å². The van der Waals surface area contributed by atoms with Crippen molar-refractivity contribution in [3.05, 3.63) is 29.8 Å². The van der Waals surface area contributed by atoms with Crippen LogP contribution in [0.2, 0.25) is 0 Å². The molecule has 98 valence electrons. The topological polar surface area (TPSA) is 57.6 Å². The van der Waals surface area contributed by atoms with Gasteiger partial charge in [-0.05, 0) is 45.4 Å². The predicted octanol–water partition coefficient (Wildman–Crippen LogP) is 2.46. The third-order valence-electron chi connectivity index (χ3n) is 2.94. The Morgan fingerprint density at radius 3 is 2.39 bits per heavy atom. The normalized spacial score (nSPS) is 11.1. The second-order valence-electron chi connectivity index (χ2n) is 4.82. The molecule has 0 saturated carbocycles. The molecule has 0 aliphatic carbocycles. The standard InChI is InChI=1S/C14H19NO3/c1-5-15(11-8-6-7-10(2)9-11)12(16)14(3,4)13(17)18/h6-9H,5H2,1-4H3,(H,17,18). The Hall–Kier alpha value is -1.84. The fourth-order valence-corrected chi connectivity index (χ4v) is 1.67. The summed E-state index contributed by atoms with van der Waals surface area (Å²) in [7, 11) is 0. The van der Waals surface area contributed by atoms with Crippen LogP contribution in [0.3, 0.4) is 0 Å². The van der Waals surface area contributed by atoms with E-state index in [1.54, 1.807) is 0 Å². The third kappa shape index (κ3) is 2.70. The smallest absolute Gasteiger partial charge is 0.318 e. The molecule has 0 bridgehead atoms. The quantitative estimate of drug-likeness (QED) is 0.834. The van der Waals surface area contributed by atoms with E-state index in [-0.39, 0.29) is 0 Å². The van der Waals surface area contributed by atoms with Crippen molar-refractivity contribution in [2.75, 3.05) is 11.4 Å². The van der Waals surface area contributed by atoms with Crippen molar-refractivity contribution in [3.8, 4) is 0 Å². The summed E-state index contributed by atoms with van der Waals surface area (Å²) in [5, 5.41) is 9.11. The first-order valence-electron chi connectivity index (χ1n) is 5.92. The molecule has 0 fully saturated rings. The van der Waals surface area contributed by atoms with Crippen LogP contribution in [0.1, 0.15) is 26.3 Å². The van der Waals surface area contributed by atoms with Gasteiger partial charge in [0.05, 0.1) is 0 Å². The molecule has 1 aromatic carbocycles. The number of aryl methyl sites for hydroxylation is 1. The SMILES string of the molecule is CCN(C(=O)C(C)(C)C(=O)O)c1cccc(C)c1. The van der Waals surface area contributed by atoms with Crippen molar-refractivity contribution in [2.24, 2.45) is 5.41 Å². The molecule has 0 heterocycles. The van der Waals surface area contributed by atoms with E-state index >= 15 is 0 Å². The highest BCUT2D eigenvalue weighted by Gasteiger charge is 2.39. The Balaban J connectivity index is 3.12. The molecule has 4 nitrogen and oxygen atoms in total. The van der Waals surface area contributed by atoms with Crippen molar-refractivity contribution >= 4 is 17.6 Å². The van der Waals surface area contributed by atoms with Crippen LogP contribution in [-0.2, 0) is 9.59 Å². The number of rotatable bonds is 4. The van der Waals surface area contributed by atoms with E-state index in [4.69, 9.17) is 5.11 Å². The van der Waals surface area contributed by atoms with Crippen LogP contribution in [0, 0.1) is 12.3 Å². The fourth-order valence-electron chi connectivity index (χ4n) is 1.67. The predicted molar refractivity (Wildman–Crippen MR) is 70.6 cm³/mol. The lowest BCUT2D eigenvalue weighted by Gasteiger charge is -2.28. The van der Waals surface area contributed by atoms with Crippen LogP contribution in [-0.4, -0.2) is 23.5 Å². The minimum atomic E-state index is -1.42. The molecule has 0 atom stereocenters. The van der Waals surface area contributed by atoms with E-state index < -0.39 is 17.3 Å². The average molecular weight is 249 g/mol. The summed E-state index contributed by atoms with van der Waals surface area (Å²) in [6.07, 6.45) is 0. The second kappa shape index (κ2) is 5.21. The average Bonchev–Trinajstić information content (AvgIpc) is 2.29. The summed E-state index contributed by atoms with van der Waals surface area (Å²) < 4.78 is 0. The number of carbonyl (C=O) groups excluding carboxylic acids is 1. The molecule has 0 radical (unpaired) electrons. The number of aliphatic carboxylic acids is 1. The summed E-state index contributed by atoms with van der Waals surface area (Å²) in [6, 6.07) is 7.48. The Morgan fingerprint density at radius 1 is 1.33 bits per heavy atom. The number of anilines is 1. The van der Waals surface area contributed by atoms with Gasteiger partial charge in [-0.25, -0.2) is 0 Å². The molecule has 0 unspecified atom stereocenters. The summed E-state index contributed by atoms with van der Waals surface area (Å²) in [4.78, 5) is 24.9. The summed E-state index contributed by atoms with van der Waals surface area (Å²) in [6.45, 7) is 7.06. The van der Waals surface area contributed by atoms with Gasteiger partial charge in [-0.2, -0.15) is 0 Å². The lowest BCUT2D eigenvalue weighted by molar-refractivity contribution is -0.152. The highest BCUT2D eigenvalue weighted by atomic mass is 16.4. The number of hydrogen-bond acceptors (Lipinski definition) is 2. The lowest BCUT2D eigenvalue weighted by atomic mass is 9.91. The van der Waals surface area contributed by atoms with Crippen molar-refractivity contribution in [3.63, 3.8) is 0 Å². The van der Waals surface area contributed by atoms with Crippen molar-refractivity contribution in [1.29, 1.82) is 0 Å². The van der Waals surface area contributed by atoms with E-state index in [1.807, 2.05) is 38.1 Å². The second-order valence-corrected chi connectivity index (χ2v) is 4.82. The van der Waals surface area contributed by atoms with E-state index in [9.17, 15) is 9.59 Å². The van der Waals surface area contributed by atoms with Gasteiger partial charge in [0, 0.05) is 12.2 Å². The molecular weight excluding hydrogens is 230 g/mol. The largest absolute Gasteiger partial charge is 0.480 e. The summed E-state index contributed by atoms with van der Waals surface area (Å²) in [5.74, 6) is -1.51. The number of hydrogen-bond donors (Lipinski definition) is 1. The fraction of sp³-hybridized carbons (Fsp3) is 0.429. The van der Waals surface area contributed by atoms with Gasteiger partial charge in [0.2, 0.25) is 5.91 Å². The number of carboxylic acid groups (broad SMARTS) is 1. The van der Waals surface area contributed by atoms with Gasteiger partial charge in [-0.3, -0.25) is 9.59 Å². The molecule has 0 saturated heterocycles. The zero-order valence-electron chi connectivity index (χ0n) is 11.2. The molecule has 0 aliphatic heterocycles. The third-order valence-corrected chi connectivity index (χ3v) is 2.94. The van der Waals surface area contributed by atoms with Gasteiger partial charge < -0.3 is 10.0 Å².